The molecule has 0 nitrogen and oxygen atoms in total. The highest BCUT2D eigenvalue weighted by molar-refractivity contribution is 7.13. The molecule has 84 valence electrons. The van der Waals surface area contributed by atoms with Gasteiger partial charge in [-0.2, -0.15) is 0 Å². The zero-order valence-corrected chi connectivity index (χ0v) is 11.5. The molecule has 16 heavy (non-hydrogen) atoms. The fourth-order valence-corrected chi connectivity index (χ4v) is 3.28. The summed E-state index contributed by atoms with van der Waals surface area (Å²) in [6.07, 6.45) is 0. The van der Waals surface area contributed by atoms with Crippen molar-refractivity contribution in [1.29, 1.82) is 0 Å². The first kappa shape index (κ1) is 12.0. The minimum atomic E-state index is 0.391. The van der Waals surface area contributed by atoms with E-state index < -0.39 is 0 Å². The maximum absolute atomic E-state index is 6.27. The fraction of sp³-hybridized carbons (Fsp3) is 0.231. The molecule has 0 N–H and O–H groups in total. The van der Waals surface area contributed by atoms with Gasteiger partial charge in [-0.3, -0.25) is 0 Å². The monoisotopic (exact) mass is 270 g/mol. The Bertz CT molecular complexity index is 487. The van der Waals surface area contributed by atoms with Crippen molar-refractivity contribution in [2.75, 3.05) is 0 Å². The Hall–Kier alpha value is -0.500. The van der Waals surface area contributed by atoms with E-state index in [1.54, 1.807) is 11.3 Å². The van der Waals surface area contributed by atoms with Gasteiger partial charge in [-0.25, -0.2) is 0 Å². The normalized spacial score (nSPS) is 11.1. The molecule has 3 heteroatoms. The highest BCUT2D eigenvalue weighted by atomic mass is 35.5. The summed E-state index contributed by atoms with van der Waals surface area (Å²) in [6.45, 7) is 4.29. The lowest BCUT2D eigenvalue weighted by molar-refractivity contribution is 0.870. The molecule has 0 aliphatic heterocycles. The van der Waals surface area contributed by atoms with Gasteiger partial charge in [0.25, 0.3) is 0 Å². The van der Waals surface area contributed by atoms with Gasteiger partial charge in [0.1, 0.15) is 0 Å². The SMILES string of the molecule is CC(C)c1c(Cl)cc(Cl)cc1-c1cccs1. The first-order valence-corrected chi connectivity index (χ1v) is 6.76. The molecule has 0 amide bonds. The first-order chi connectivity index (χ1) is 7.59. The highest BCUT2D eigenvalue weighted by Crippen LogP contribution is 2.38. The van der Waals surface area contributed by atoms with Crippen LogP contribution in [0.2, 0.25) is 10.0 Å². The number of benzene rings is 1. The maximum Gasteiger partial charge on any atom is 0.0461 e. The van der Waals surface area contributed by atoms with Crippen molar-refractivity contribution in [3.63, 3.8) is 0 Å². The molecule has 2 aromatic rings. The summed E-state index contributed by atoms with van der Waals surface area (Å²) in [5.74, 6) is 0.391. The van der Waals surface area contributed by atoms with Crippen molar-refractivity contribution in [2.45, 2.75) is 19.8 Å². The summed E-state index contributed by atoms with van der Waals surface area (Å²) in [5, 5.41) is 3.51. The van der Waals surface area contributed by atoms with E-state index in [0.29, 0.717) is 10.9 Å². The van der Waals surface area contributed by atoms with Gasteiger partial charge < -0.3 is 0 Å². The molecule has 0 spiro atoms. The predicted octanol–water partition coefficient (Wildman–Crippen LogP) is 5.85. The molecule has 2 rings (SSSR count). The van der Waals surface area contributed by atoms with Crippen LogP contribution in [-0.2, 0) is 0 Å². The lowest BCUT2D eigenvalue weighted by Crippen LogP contribution is -1.93. The first-order valence-electron chi connectivity index (χ1n) is 5.12. The Morgan fingerprint density at radius 1 is 1.19 bits per heavy atom. The molecule has 0 radical (unpaired) electrons. The van der Waals surface area contributed by atoms with E-state index in [9.17, 15) is 0 Å². The van der Waals surface area contributed by atoms with E-state index in [2.05, 4.69) is 25.3 Å². The smallest absolute Gasteiger partial charge is 0.0461 e. The zero-order valence-electron chi connectivity index (χ0n) is 9.13. The summed E-state index contributed by atoms with van der Waals surface area (Å²) in [5.41, 5.74) is 2.33. The van der Waals surface area contributed by atoms with E-state index in [-0.39, 0.29) is 0 Å². The Morgan fingerprint density at radius 3 is 2.50 bits per heavy atom. The van der Waals surface area contributed by atoms with E-state index >= 15 is 0 Å². The lowest BCUT2D eigenvalue weighted by Gasteiger charge is -2.14. The van der Waals surface area contributed by atoms with Crippen LogP contribution in [0.4, 0.5) is 0 Å². The fourth-order valence-electron chi connectivity index (χ4n) is 1.81. The van der Waals surface area contributed by atoms with Gasteiger partial charge in [0, 0.05) is 14.9 Å². The minimum absolute atomic E-state index is 0.391. The van der Waals surface area contributed by atoms with E-state index in [1.807, 2.05) is 18.2 Å². The van der Waals surface area contributed by atoms with Crippen LogP contribution >= 0.6 is 34.5 Å². The second-order valence-corrected chi connectivity index (χ2v) is 5.77. The average molecular weight is 271 g/mol. The summed E-state index contributed by atoms with van der Waals surface area (Å²) in [4.78, 5) is 1.22. The van der Waals surface area contributed by atoms with Gasteiger partial charge in [-0.05, 0) is 40.6 Å². The summed E-state index contributed by atoms with van der Waals surface area (Å²) in [7, 11) is 0. The molecule has 0 bridgehead atoms. The Kier molecular flexibility index (Phi) is 3.58. The summed E-state index contributed by atoms with van der Waals surface area (Å²) < 4.78 is 0. The van der Waals surface area contributed by atoms with Crippen LogP contribution in [0.5, 0.6) is 0 Å². The maximum atomic E-state index is 6.27. The third kappa shape index (κ3) is 2.27. The van der Waals surface area contributed by atoms with Gasteiger partial charge in [0.2, 0.25) is 0 Å². The molecule has 1 aromatic carbocycles. The molecule has 0 unspecified atom stereocenters. The molecular weight excluding hydrogens is 259 g/mol. The quantitative estimate of drug-likeness (QED) is 0.643. The van der Waals surface area contributed by atoms with Crippen LogP contribution in [-0.4, -0.2) is 0 Å². The lowest BCUT2D eigenvalue weighted by atomic mass is 9.96. The van der Waals surface area contributed by atoms with Crippen molar-refractivity contribution >= 4 is 34.5 Å². The van der Waals surface area contributed by atoms with Gasteiger partial charge in [-0.1, -0.05) is 43.1 Å². The average Bonchev–Trinajstić information content (AvgIpc) is 2.67. The third-order valence-electron chi connectivity index (χ3n) is 2.46. The standard InChI is InChI=1S/C13H12Cl2S/c1-8(2)13-10(12-4-3-5-16-12)6-9(14)7-11(13)15/h3-8H,1-2H3. The second kappa shape index (κ2) is 4.79. The number of halogens is 2. The molecular formula is C13H12Cl2S. The van der Waals surface area contributed by atoms with Crippen molar-refractivity contribution in [3.8, 4) is 10.4 Å². The van der Waals surface area contributed by atoms with Crippen molar-refractivity contribution < 1.29 is 0 Å². The minimum Gasteiger partial charge on any atom is -0.144 e. The third-order valence-corrected chi connectivity index (χ3v) is 3.89. The van der Waals surface area contributed by atoms with Crippen LogP contribution in [0.15, 0.2) is 29.6 Å². The zero-order chi connectivity index (χ0) is 11.7. The molecule has 0 fully saturated rings. The van der Waals surface area contributed by atoms with Crippen LogP contribution < -0.4 is 0 Å². The molecule has 1 aromatic heterocycles. The van der Waals surface area contributed by atoms with Crippen molar-refractivity contribution in [3.05, 3.63) is 45.3 Å². The Labute approximate surface area is 110 Å². The highest BCUT2D eigenvalue weighted by Gasteiger charge is 2.14. The largest absolute Gasteiger partial charge is 0.144 e. The van der Waals surface area contributed by atoms with Crippen molar-refractivity contribution in [1.82, 2.24) is 0 Å². The van der Waals surface area contributed by atoms with Crippen LogP contribution in [0.3, 0.4) is 0 Å². The summed E-state index contributed by atoms with van der Waals surface area (Å²) in [6, 6.07) is 7.95. The van der Waals surface area contributed by atoms with Crippen LogP contribution in [0.25, 0.3) is 10.4 Å². The van der Waals surface area contributed by atoms with E-state index in [0.717, 1.165) is 10.6 Å². The van der Waals surface area contributed by atoms with Gasteiger partial charge in [-0.15, -0.1) is 11.3 Å². The Morgan fingerprint density at radius 2 is 1.94 bits per heavy atom. The van der Waals surface area contributed by atoms with Gasteiger partial charge >= 0.3 is 0 Å². The van der Waals surface area contributed by atoms with Crippen molar-refractivity contribution in [2.24, 2.45) is 0 Å². The second-order valence-electron chi connectivity index (χ2n) is 3.98. The predicted molar refractivity (Wildman–Crippen MR) is 73.9 cm³/mol. The topological polar surface area (TPSA) is 0 Å². The number of thiophene rings is 1. The molecule has 1 heterocycles. The van der Waals surface area contributed by atoms with Crippen LogP contribution in [0, 0.1) is 0 Å². The molecule has 0 saturated heterocycles. The molecule has 0 aliphatic rings. The molecule has 0 atom stereocenters. The van der Waals surface area contributed by atoms with Crippen LogP contribution in [0.1, 0.15) is 25.3 Å². The van der Waals surface area contributed by atoms with Gasteiger partial charge in [0.05, 0.1) is 0 Å². The number of rotatable bonds is 2. The molecule has 0 aliphatic carbocycles. The summed E-state index contributed by atoms with van der Waals surface area (Å²) >= 11 is 14.0. The van der Waals surface area contributed by atoms with E-state index in [4.69, 9.17) is 23.2 Å². The van der Waals surface area contributed by atoms with Gasteiger partial charge in [0.15, 0.2) is 0 Å². The van der Waals surface area contributed by atoms with E-state index in [1.165, 1.54) is 10.4 Å². The number of hydrogen-bond donors (Lipinski definition) is 0. The molecule has 0 saturated carbocycles. The number of hydrogen-bond acceptors (Lipinski definition) is 1. The Balaban J connectivity index is 2.67.